The van der Waals surface area contributed by atoms with Crippen LogP contribution in [0.3, 0.4) is 0 Å². The van der Waals surface area contributed by atoms with E-state index >= 15 is 0 Å². The summed E-state index contributed by atoms with van der Waals surface area (Å²) in [7, 11) is -3.13. The van der Waals surface area contributed by atoms with Crippen molar-refractivity contribution in [3.05, 3.63) is 24.3 Å². The molecule has 0 aromatic heterocycles. The van der Waals surface area contributed by atoms with Crippen LogP contribution in [-0.2, 0) is 9.84 Å². The minimum absolute atomic E-state index is 0.0421. The molecule has 1 rings (SSSR count). The first-order valence-electron chi connectivity index (χ1n) is 5.23. The van der Waals surface area contributed by atoms with Crippen molar-refractivity contribution in [1.82, 2.24) is 0 Å². The van der Waals surface area contributed by atoms with E-state index in [9.17, 15) is 8.42 Å². The van der Waals surface area contributed by atoms with Gasteiger partial charge in [-0.1, -0.05) is 0 Å². The summed E-state index contributed by atoms with van der Waals surface area (Å²) in [6.07, 6.45) is 1.76. The lowest BCUT2D eigenvalue weighted by molar-refractivity contribution is 0.279. The van der Waals surface area contributed by atoms with E-state index in [-0.39, 0.29) is 12.6 Å². The Morgan fingerprint density at radius 3 is 2.41 bits per heavy atom. The third kappa shape index (κ3) is 5.08. The third-order valence-electron chi connectivity index (χ3n) is 2.22. The van der Waals surface area contributed by atoms with Gasteiger partial charge in [0.15, 0.2) is 9.84 Å². The summed E-state index contributed by atoms with van der Waals surface area (Å²) >= 11 is 1.56. The van der Waals surface area contributed by atoms with E-state index < -0.39 is 9.84 Å². The van der Waals surface area contributed by atoms with Crippen LogP contribution in [0.2, 0.25) is 0 Å². The standard InChI is InChI=1S/C11H17NO3S2/c1-17(14,15)11-4-2-10(3-5-11)16-8-9(12)6-7-13/h2-5,9,13H,6-8,12H2,1H3. The Hall–Kier alpha value is -0.560. The molecule has 17 heavy (non-hydrogen) atoms. The maximum atomic E-state index is 11.2. The zero-order chi connectivity index (χ0) is 12.9. The number of hydrogen-bond acceptors (Lipinski definition) is 5. The van der Waals surface area contributed by atoms with E-state index in [2.05, 4.69) is 0 Å². The Morgan fingerprint density at radius 1 is 1.35 bits per heavy atom. The van der Waals surface area contributed by atoms with Crippen molar-refractivity contribution < 1.29 is 13.5 Å². The molecule has 1 atom stereocenters. The molecule has 6 heteroatoms. The molecule has 4 nitrogen and oxygen atoms in total. The van der Waals surface area contributed by atoms with Gasteiger partial charge in [-0.05, 0) is 30.7 Å². The molecule has 0 saturated heterocycles. The van der Waals surface area contributed by atoms with Gasteiger partial charge in [-0.25, -0.2) is 8.42 Å². The maximum absolute atomic E-state index is 11.2. The number of aliphatic hydroxyl groups is 1. The Bertz CT molecular complexity index is 442. The van der Waals surface area contributed by atoms with Crippen LogP contribution < -0.4 is 5.73 Å². The smallest absolute Gasteiger partial charge is 0.175 e. The summed E-state index contributed by atoms with van der Waals surface area (Å²) < 4.78 is 22.5. The minimum atomic E-state index is -3.13. The summed E-state index contributed by atoms with van der Waals surface area (Å²) in [6, 6.07) is 6.68. The van der Waals surface area contributed by atoms with Crippen LogP contribution in [0.1, 0.15) is 6.42 Å². The van der Waals surface area contributed by atoms with E-state index in [0.717, 1.165) is 4.90 Å². The predicted octanol–water partition coefficient (Wildman–Crippen LogP) is 0.892. The lowest BCUT2D eigenvalue weighted by atomic mass is 10.3. The molecular formula is C11H17NO3S2. The van der Waals surface area contributed by atoms with Gasteiger partial charge < -0.3 is 10.8 Å². The van der Waals surface area contributed by atoms with Gasteiger partial charge in [0.2, 0.25) is 0 Å². The molecule has 0 amide bonds. The average molecular weight is 275 g/mol. The molecule has 1 aromatic carbocycles. The van der Waals surface area contributed by atoms with Gasteiger partial charge in [-0.2, -0.15) is 0 Å². The molecule has 0 heterocycles. The average Bonchev–Trinajstić information content (AvgIpc) is 2.26. The number of nitrogens with two attached hydrogens (primary N) is 1. The van der Waals surface area contributed by atoms with Gasteiger partial charge in [0.05, 0.1) is 4.90 Å². The van der Waals surface area contributed by atoms with Crippen molar-refractivity contribution in [2.24, 2.45) is 5.73 Å². The van der Waals surface area contributed by atoms with Crippen molar-refractivity contribution in [3.63, 3.8) is 0 Å². The minimum Gasteiger partial charge on any atom is -0.396 e. The molecule has 96 valence electrons. The number of aliphatic hydroxyl groups excluding tert-OH is 1. The van der Waals surface area contributed by atoms with E-state index in [1.54, 1.807) is 36.0 Å². The molecular weight excluding hydrogens is 258 g/mol. The van der Waals surface area contributed by atoms with Gasteiger partial charge in [0, 0.05) is 29.6 Å². The molecule has 0 aliphatic heterocycles. The maximum Gasteiger partial charge on any atom is 0.175 e. The summed E-state index contributed by atoms with van der Waals surface area (Å²) in [5.41, 5.74) is 5.75. The predicted molar refractivity (Wildman–Crippen MR) is 70.0 cm³/mol. The highest BCUT2D eigenvalue weighted by atomic mass is 32.2. The van der Waals surface area contributed by atoms with Crippen LogP contribution in [-0.4, -0.2) is 38.2 Å². The molecule has 0 fully saturated rings. The van der Waals surface area contributed by atoms with Crippen LogP contribution in [0.4, 0.5) is 0 Å². The van der Waals surface area contributed by atoms with Gasteiger partial charge in [0.25, 0.3) is 0 Å². The van der Waals surface area contributed by atoms with E-state index in [1.165, 1.54) is 6.26 Å². The molecule has 0 aliphatic carbocycles. The van der Waals surface area contributed by atoms with Crippen LogP contribution in [0, 0.1) is 0 Å². The van der Waals surface area contributed by atoms with Crippen molar-refractivity contribution >= 4 is 21.6 Å². The SMILES string of the molecule is CS(=O)(=O)c1ccc(SCC(N)CCO)cc1. The second-order valence-electron chi connectivity index (χ2n) is 3.83. The molecule has 0 saturated carbocycles. The number of rotatable bonds is 6. The quantitative estimate of drug-likeness (QED) is 0.754. The third-order valence-corrected chi connectivity index (χ3v) is 4.54. The van der Waals surface area contributed by atoms with Crippen molar-refractivity contribution in [2.45, 2.75) is 22.3 Å². The summed E-state index contributed by atoms with van der Waals surface area (Å²) in [5.74, 6) is 0.707. The highest BCUT2D eigenvalue weighted by molar-refractivity contribution is 7.99. The molecule has 0 spiro atoms. The van der Waals surface area contributed by atoms with Crippen LogP contribution in [0.15, 0.2) is 34.1 Å². The van der Waals surface area contributed by atoms with Gasteiger partial charge >= 0.3 is 0 Å². The summed E-state index contributed by atoms with van der Waals surface area (Å²) in [4.78, 5) is 1.30. The largest absolute Gasteiger partial charge is 0.396 e. The first-order valence-corrected chi connectivity index (χ1v) is 8.10. The lowest BCUT2D eigenvalue weighted by Crippen LogP contribution is -2.23. The Balaban J connectivity index is 2.57. The first-order chi connectivity index (χ1) is 7.93. The Labute approximate surface area is 106 Å². The fourth-order valence-corrected chi connectivity index (χ4v) is 2.77. The first kappa shape index (κ1) is 14.5. The monoisotopic (exact) mass is 275 g/mol. The number of hydrogen-bond donors (Lipinski definition) is 2. The lowest BCUT2D eigenvalue weighted by Gasteiger charge is -2.09. The van der Waals surface area contributed by atoms with Crippen molar-refractivity contribution in [3.8, 4) is 0 Å². The van der Waals surface area contributed by atoms with Crippen LogP contribution in [0.5, 0.6) is 0 Å². The molecule has 1 unspecified atom stereocenters. The number of thioether (sulfide) groups is 1. The van der Waals surface area contributed by atoms with E-state index in [0.29, 0.717) is 17.1 Å². The molecule has 0 aliphatic rings. The Kier molecular flexibility index (Phi) is 5.45. The van der Waals surface area contributed by atoms with Crippen LogP contribution in [0.25, 0.3) is 0 Å². The van der Waals surface area contributed by atoms with Gasteiger partial charge in [-0.15, -0.1) is 11.8 Å². The fraction of sp³-hybridized carbons (Fsp3) is 0.455. The number of benzene rings is 1. The molecule has 3 N–H and O–H groups in total. The highest BCUT2D eigenvalue weighted by Gasteiger charge is 2.07. The van der Waals surface area contributed by atoms with Crippen LogP contribution >= 0.6 is 11.8 Å². The van der Waals surface area contributed by atoms with Crippen molar-refractivity contribution in [2.75, 3.05) is 18.6 Å². The second kappa shape index (κ2) is 6.39. The molecule has 0 radical (unpaired) electrons. The summed E-state index contributed by atoms with van der Waals surface area (Å²) in [5, 5.41) is 8.70. The van der Waals surface area contributed by atoms with Gasteiger partial charge in [-0.3, -0.25) is 0 Å². The zero-order valence-electron chi connectivity index (χ0n) is 9.67. The summed E-state index contributed by atoms with van der Waals surface area (Å²) in [6.45, 7) is 0.0920. The molecule has 0 bridgehead atoms. The van der Waals surface area contributed by atoms with E-state index in [1.807, 2.05) is 0 Å². The van der Waals surface area contributed by atoms with Crippen molar-refractivity contribution in [1.29, 1.82) is 0 Å². The highest BCUT2D eigenvalue weighted by Crippen LogP contribution is 2.21. The normalized spacial score (nSPS) is 13.6. The zero-order valence-corrected chi connectivity index (χ0v) is 11.3. The number of sulfone groups is 1. The van der Waals surface area contributed by atoms with Gasteiger partial charge in [0.1, 0.15) is 0 Å². The topological polar surface area (TPSA) is 80.4 Å². The fourth-order valence-electron chi connectivity index (χ4n) is 1.24. The second-order valence-corrected chi connectivity index (χ2v) is 6.94. The molecule has 1 aromatic rings. The Morgan fingerprint density at radius 2 is 1.94 bits per heavy atom. The van der Waals surface area contributed by atoms with E-state index in [4.69, 9.17) is 10.8 Å².